The molecule has 0 atom stereocenters. The van der Waals surface area contributed by atoms with Gasteiger partial charge in [-0.05, 0) is 36.4 Å². The molecule has 4 aromatic rings. The quantitative estimate of drug-likeness (QED) is 0.550. The number of fused-ring (bicyclic) bond motifs is 3. The van der Waals surface area contributed by atoms with E-state index in [-0.39, 0.29) is 11.8 Å². The molecule has 4 N–H and O–H groups in total. The molecule has 120 valence electrons. The van der Waals surface area contributed by atoms with Crippen LogP contribution >= 0.6 is 15.9 Å². The molecule has 2 aromatic carbocycles. The number of hydrogen-bond donors (Lipinski definition) is 2. The van der Waals surface area contributed by atoms with Crippen LogP contribution in [-0.2, 0) is 6.54 Å². The van der Waals surface area contributed by atoms with Crippen LogP contribution in [0.25, 0.3) is 21.8 Å². The molecule has 0 bridgehead atoms. The summed E-state index contributed by atoms with van der Waals surface area (Å²) < 4.78 is 16.8. The summed E-state index contributed by atoms with van der Waals surface area (Å²) in [5.41, 5.74) is 13.9. The summed E-state index contributed by atoms with van der Waals surface area (Å²) in [6, 6.07) is 10.6. The molecule has 0 saturated carbocycles. The molecule has 0 aliphatic heterocycles. The number of aromatic nitrogens is 3. The Bertz CT molecular complexity index is 1090. The van der Waals surface area contributed by atoms with E-state index in [1.807, 2.05) is 29.0 Å². The summed E-state index contributed by atoms with van der Waals surface area (Å²) in [7, 11) is 0. The van der Waals surface area contributed by atoms with Crippen molar-refractivity contribution in [2.24, 2.45) is 0 Å². The smallest absolute Gasteiger partial charge is 0.222 e. The molecular formula is C17H13BrFN5. The Hall–Kier alpha value is -2.67. The Morgan fingerprint density at radius 2 is 1.88 bits per heavy atom. The Morgan fingerprint density at radius 3 is 2.71 bits per heavy atom. The zero-order valence-electron chi connectivity index (χ0n) is 12.5. The zero-order chi connectivity index (χ0) is 16.8. The monoisotopic (exact) mass is 385 g/mol. The van der Waals surface area contributed by atoms with E-state index >= 15 is 0 Å². The highest BCUT2D eigenvalue weighted by molar-refractivity contribution is 9.10. The summed E-state index contributed by atoms with van der Waals surface area (Å²) in [6.45, 7) is 0.413. The van der Waals surface area contributed by atoms with Crippen LogP contribution in [0, 0.1) is 5.82 Å². The van der Waals surface area contributed by atoms with Crippen LogP contribution in [0.5, 0.6) is 0 Å². The van der Waals surface area contributed by atoms with Gasteiger partial charge in [0, 0.05) is 27.0 Å². The standard InChI is InChI=1S/C17H13BrFN5/c18-10-1-3-13(19)9(7-10)8-24-6-5-11-14(24)4-2-12-15(11)22-17(21)23-16(12)20/h1-7H,8H2,(H4,20,21,22,23). The van der Waals surface area contributed by atoms with Crippen molar-refractivity contribution in [3.8, 4) is 0 Å². The first-order chi connectivity index (χ1) is 11.5. The first-order valence-corrected chi connectivity index (χ1v) is 8.07. The van der Waals surface area contributed by atoms with E-state index in [0.29, 0.717) is 23.4 Å². The maximum atomic E-state index is 14.0. The highest BCUT2D eigenvalue weighted by Crippen LogP contribution is 2.29. The number of benzene rings is 2. The molecule has 0 spiro atoms. The van der Waals surface area contributed by atoms with E-state index in [1.54, 1.807) is 12.1 Å². The van der Waals surface area contributed by atoms with Gasteiger partial charge < -0.3 is 16.0 Å². The fourth-order valence-electron chi connectivity index (χ4n) is 2.89. The summed E-state index contributed by atoms with van der Waals surface area (Å²) >= 11 is 3.38. The van der Waals surface area contributed by atoms with E-state index < -0.39 is 0 Å². The van der Waals surface area contributed by atoms with Gasteiger partial charge in [0.25, 0.3) is 0 Å². The third-order valence-electron chi connectivity index (χ3n) is 4.01. The molecule has 5 nitrogen and oxygen atoms in total. The second kappa shape index (κ2) is 5.45. The summed E-state index contributed by atoms with van der Waals surface area (Å²) in [6.07, 6.45) is 1.90. The van der Waals surface area contributed by atoms with Gasteiger partial charge >= 0.3 is 0 Å². The van der Waals surface area contributed by atoms with Crippen LogP contribution in [0.4, 0.5) is 16.2 Å². The minimum atomic E-state index is -0.239. The SMILES string of the molecule is Nc1nc(N)c2ccc3c(ccn3Cc3cc(Br)ccc3F)c2n1. The molecule has 4 rings (SSSR count). The van der Waals surface area contributed by atoms with Crippen molar-refractivity contribution >= 4 is 49.5 Å². The van der Waals surface area contributed by atoms with E-state index in [4.69, 9.17) is 11.5 Å². The summed E-state index contributed by atoms with van der Waals surface area (Å²) in [5, 5.41) is 1.66. The minimum Gasteiger partial charge on any atom is -0.383 e. The minimum absolute atomic E-state index is 0.137. The lowest BCUT2D eigenvalue weighted by atomic mass is 10.1. The number of anilines is 2. The first-order valence-electron chi connectivity index (χ1n) is 7.27. The van der Waals surface area contributed by atoms with Crippen LogP contribution in [0.15, 0.2) is 47.1 Å². The molecule has 2 aromatic heterocycles. The van der Waals surface area contributed by atoms with Crippen LogP contribution in [0.2, 0.25) is 0 Å². The van der Waals surface area contributed by atoms with Crippen molar-refractivity contribution in [3.05, 3.63) is 58.4 Å². The van der Waals surface area contributed by atoms with Crippen molar-refractivity contribution in [2.75, 3.05) is 11.5 Å². The van der Waals surface area contributed by atoms with Crippen molar-refractivity contribution < 1.29 is 4.39 Å². The molecule has 0 aliphatic carbocycles. The second-order valence-corrected chi connectivity index (χ2v) is 6.46. The first kappa shape index (κ1) is 14.9. The lowest BCUT2D eigenvalue weighted by molar-refractivity contribution is 0.601. The molecule has 0 saturated heterocycles. The number of nitrogen functional groups attached to an aromatic ring is 2. The molecular weight excluding hydrogens is 373 g/mol. The molecule has 0 aliphatic rings. The number of nitrogens with two attached hydrogens (primary N) is 2. The van der Waals surface area contributed by atoms with Gasteiger partial charge in [-0.3, -0.25) is 0 Å². The van der Waals surface area contributed by atoms with Crippen molar-refractivity contribution in [1.82, 2.24) is 14.5 Å². The lowest BCUT2D eigenvalue weighted by Crippen LogP contribution is -2.02. The largest absolute Gasteiger partial charge is 0.383 e. The molecule has 0 fully saturated rings. The predicted octanol–water partition coefficient (Wildman–Crippen LogP) is 3.70. The van der Waals surface area contributed by atoms with Gasteiger partial charge in [0.2, 0.25) is 5.95 Å². The average molecular weight is 386 g/mol. The van der Waals surface area contributed by atoms with Gasteiger partial charge in [0.15, 0.2) is 0 Å². The Balaban J connectivity index is 1.89. The third-order valence-corrected chi connectivity index (χ3v) is 4.50. The fraction of sp³-hybridized carbons (Fsp3) is 0.0588. The van der Waals surface area contributed by atoms with Gasteiger partial charge in [-0.2, -0.15) is 4.98 Å². The summed E-state index contributed by atoms with van der Waals surface area (Å²) in [5.74, 6) is 0.250. The van der Waals surface area contributed by atoms with Crippen LogP contribution in [0.3, 0.4) is 0 Å². The average Bonchev–Trinajstić information content (AvgIpc) is 2.94. The Morgan fingerprint density at radius 1 is 1.04 bits per heavy atom. The Kier molecular flexibility index (Phi) is 3.38. The number of hydrogen-bond acceptors (Lipinski definition) is 4. The van der Waals surface area contributed by atoms with Crippen LogP contribution in [0.1, 0.15) is 5.56 Å². The molecule has 0 radical (unpaired) electrons. The molecule has 24 heavy (non-hydrogen) atoms. The molecule has 0 unspecified atom stereocenters. The zero-order valence-corrected chi connectivity index (χ0v) is 14.1. The van der Waals surface area contributed by atoms with E-state index in [2.05, 4.69) is 25.9 Å². The normalized spacial score (nSPS) is 11.4. The van der Waals surface area contributed by atoms with Crippen molar-refractivity contribution in [3.63, 3.8) is 0 Å². The van der Waals surface area contributed by atoms with Gasteiger partial charge in [0.05, 0.1) is 17.6 Å². The second-order valence-electron chi connectivity index (χ2n) is 5.54. The van der Waals surface area contributed by atoms with Gasteiger partial charge in [-0.1, -0.05) is 15.9 Å². The predicted molar refractivity (Wildman–Crippen MR) is 97.1 cm³/mol. The maximum absolute atomic E-state index is 14.0. The van der Waals surface area contributed by atoms with Gasteiger partial charge in [-0.25, -0.2) is 9.37 Å². The van der Waals surface area contributed by atoms with E-state index in [9.17, 15) is 4.39 Å². The van der Waals surface area contributed by atoms with E-state index in [1.165, 1.54) is 6.07 Å². The van der Waals surface area contributed by atoms with Gasteiger partial charge in [0.1, 0.15) is 11.6 Å². The number of halogens is 2. The lowest BCUT2D eigenvalue weighted by Gasteiger charge is -2.09. The summed E-state index contributed by atoms with van der Waals surface area (Å²) in [4.78, 5) is 8.30. The van der Waals surface area contributed by atoms with E-state index in [0.717, 1.165) is 20.8 Å². The number of rotatable bonds is 2. The van der Waals surface area contributed by atoms with Crippen LogP contribution < -0.4 is 11.5 Å². The highest BCUT2D eigenvalue weighted by atomic mass is 79.9. The van der Waals surface area contributed by atoms with Crippen molar-refractivity contribution in [1.29, 1.82) is 0 Å². The third kappa shape index (κ3) is 2.37. The van der Waals surface area contributed by atoms with Crippen molar-refractivity contribution in [2.45, 2.75) is 6.54 Å². The highest BCUT2D eigenvalue weighted by Gasteiger charge is 2.11. The Labute approximate surface area is 145 Å². The molecule has 7 heteroatoms. The maximum Gasteiger partial charge on any atom is 0.222 e. The number of nitrogens with zero attached hydrogens (tertiary/aromatic N) is 3. The topological polar surface area (TPSA) is 82.7 Å². The molecule has 0 amide bonds. The van der Waals surface area contributed by atoms with Crippen LogP contribution in [-0.4, -0.2) is 14.5 Å². The molecule has 2 heterocycles. The van der Waals surface area contributed by atoms with Gasteiger partial charge in [-0.15, -0.1) is 0 Å². The fourth-order valence-corrected chi connectivity index (χ4v) is 3.30.